The number of benzene rings is 2. The van der Waals surface area contributed by atoms with E-state index in [4.69, 9.17) is 33.8 Å². The highest BCUT2D eigenvalue weighted by Crippen LogP contribution is 2.39. The molecule has 12 nitrogen and oxygen atoms in total. The average molecular weight is 810 g/mol. The minimum Gasteiger partial charge on any atom is -0.492 e. The maximum absolute atomic E-state index is 13.6. The fraction of sp³-hybridized carbons (Fsp3) is 0.410. The number of alkyl halides is 3. The van der Waals surface area contributed by atoms with Crippen molar-refractivity contribution >= 4 is 63.8 Å². The SMILES string of the molecule is CC1(C)C(=O)N(c2cnc(C#N)c(C(F)(F)F)c2)C(=S)N1c1ccc(OCCN2CCN(CC(=O)Cc3cc(Cl)cc(CC4CCC(=O)NC4=O)c3)CC2)cc1. The molecule has 2 aromatic carbocycles. The lowest BCUT2D eigenvalue weighted by atomic mass is 9.90. The molecule has 0 bridgehead atoms. The van der Waals surface area contributed by atoms with Crippen LogP contribution in [0, 0.1) is 17.2 Å². The van der Waals surface area contributed by atoms with E-state index in [0.717, 1.165) is 35.3 Å². The van der Waals surface area contributed by atoms with E-state index in [1.54, 1.807) is 55.1 Å². The Hall–Kier alpha value is -4.95. The molecule has 3 aromatic rings. The van der Waals surface area contributed by atoms with Crippen LogP contribution in [0.25, 0.3) is 0 Å². The smallest absolute Gasteiger partial charge is 0.419 e. The van der Waals surface area contributed by atoms with Crippen molar-refractivity contribution in [3.8, 4) is 11.8 Å². The topological polar surface area (TPSA) is 139 Å². The van der Waals surface area contributed by atoms with Gasteiger partial charge in [-0.15, -0.1) is 0 Å². The number of thiocarbonyl (C=S) groups is 1. The van der Waals surface area contributed by atoms with E-state index >= 15 is 0 Å². The molecule has 1 aromatic heterocycles. The van der Waals surface area contributed by atoms with Gasteiger partial charge in [0, 0.05) is 62.2 Å². The van der Waals surface area contributed by atoms with Crippen LogP contribution in [0.15, 0.2) is 54.7 Å². The molecule has 3 aliphatic rings. The summed E-state index contributed by atoms with van der Waals surface area (Å²) >= 11 is 12.0. The maximum Gasteiger partial charge on any atom is 0.419 e. The summed E-state index contributed by atoms with van der Waals surface area (Å²) in [5.74, 6) is -0.750. The summed E-state index contributed by atoms with van der Waals surface area (Å²) in [6.07, 6.45) is -2.36. The molecule has 56 heavy (non-hydrogen) atoms. The van der Waals surface area contributed by atoms with Crippen molar-refractivity contribution in [3.63, 3.8) is 0 Å². The van der Waals surface area contributed by atoms with Crippen LogP contribution in [-0.2, 0) is 38.2 Å². The highest BCUT2D eigenvalue weighted by molar-refractivity contribution is 7.81. The number of pyridine rings is 1. The van der Waals surface area contributed by atoms with Crippen LogP contribution < -0.4 is 19.9 Å². The third kappa shape index (κ3) is 9.18. The number of imide groups is 1. The van der Waals surface area contributed by atoms with E-state index in [9.17, 15) is 32.3 Å². The Morgan fingerprint density at radius 1 is 1.04 bits per heavy atom. The Labute approximate surface area is 332 Å². The first kappa shape index (κ1) is 40.7. The fourth-order valence-corrected chi connectivity index (χ4v) is 7.98. The normalized spacial score (nSPS) is 19.3. The summed E-state index contributed by atoms with van der Waals surface area (Å²) in [5.41, 5.74) is -1.30. The minimum absolute atomic E-state index is 0.0326. The number of nitrogens with zero attached hydrogens (tertiary/aromatic N) is 6. The van der Waals surface area contributed by atoms with Crippen LogP contribution in [0.2, 0.25) is 5.02 Å². The number of carbonyl (C=O) groups excluding carboxylic acids is 4. The van der Waals surface area contributed by atoms with Gasteiger partial charge in [-0.25, -0.2) is 4.98 Å². The van der Waals surface area contributed by atoms with Crippen LogP contribution in [0.3, 0.4) is 0 Å². The first-order valence-electron chi connectivity index (χ1n) is 18.0. The summed E-state index contributed by atoms with van der Waals surface area (Å²) in [6.45, 7) is 7.56. The van der Waals surface area contributed by atoms with E-state index in [2.05, 4.69) is 20.1 Å². The minimum atomic E-state index is -4.85. The number of rotatable bonds is 12. The zero-order valence-corrected chi connectivity index (χ0v) is 32.3. The first-order valence-corrected chi connectivity index (χ1v) is 18.8. The average Bonchev–Trinajstić information content (AvgIpc) is 3.31. The third-order valence-electron chi connectivity index (χ3n) is 10.1. The molecule has 1 atom stereocenters. The number of piperidine rings is 1. The maximum atomic E-state index is 13.6. The molecular formula is C39H39ClF3N7O5S. The van der Waals surface area contributed by atoms with E-state index < -0.39 is 28.9 Å². The molecule has 1 unspecified atom stereocenters. The fourth-order valence-electron chi connectivity index (χ4n) is 7.18. The molecule has 3 aliphatic heterocycles. The lowest BCUT2D eigenvalue weighted by Gasteiger charge is -2.34. The number of piperazine rings is 1. The second kappa shape index (κ2) is 16.6. The molecule has 0 aliphatic carbocycles. The van der Waals surface area contributed by atoms with Crippen molar-refractivity contribution in [1.29, 1.82) is 5.26 Å². The Kier molecular flexibility index (Phi) is 12.1. The first-order chi connectivity index (χ1) is 26.5. The van der Waals surface area contributed by atoms with Gasteiger partial charge >= 0.3 is 6.18 Å². The van der Waals surface area contributed by atoms with Gasteiger partial charge in [0.2, 0.25) is 11.8 Å². The number of halogens is 4. The Balaban J connectivity index is 0.962. The molecule has 0 spiro atoms. The summed E-state index contributed by atoms with van der Waals surface area (Å²) in [7, 11) is 0. The Bertz CT molecular complexity index is 2080. The molecule has 3 saturated heterocycles. The van der Waals surface area contributed by atoms with E-state index in [-0.39, 0.29) is 40.7 Å². The summed E-state index contributed by atoms with van der Waals surface area (Å²) < 4.78 is 46.9. The van der Waals surface area contributed by atoms with Gasteiger partial charge in [-0.2, -0.15) is 18.4 Å². The number of carbonyl (C=O) groups is 4. The molecule has 17 heteroatoms. The zero-order valence-electron chi connectivity index (χ0n) is 30.7. The van der Waals surface area contributed by atoms with Gasteiger partial charge in [0.1, 0.15) is 24.0 Å². The van der Waals surface area contributed by atoms with Crippen LogP contribution in [-0.4, -0.2) is 94.8 Å². The number of ketones is 1. The summed E-state index contributed by atoms with van der Waals surface area (Å²) in [6, 6.07) is 14.5. The zero-order chi connectivity index (χ0) is 40.4. The number of aromatic nitrogens is 1. The third-order valence-corrected chi connectivity index (χ3v) is 10.7. The number of Topliss-reactive ketones (excluding diaryl/α,β-unsaturated/α-hetero) is 1. The second-order valence-corrected chi connectivity index (χ2v) is 15.3. The number of nitriles is 1. The van der Waals surface area contributed by atoms with Crippen molar-refractivity contribution in [2.45, 2.75) is 51.2 Å². The monoisotopic (exact) mass is 809 g/mol. The van der Waals surface area contributed by atoms with Crippen molar-refractivity contribution in [2.75, 3.05) is 55.7 Å². The number of amides is 3. The van der Waals surface area contributed by atoms with Crippen molar-refractivity contribution in [1.82, 2.24) is 20.1 Å². The van der Waals surface area contributed by atoms with Crippen LogP contribution in [0.5, 0.6) is 5.75 Å². The lowest BCUT2D eigenvalue weighted by Crippen LogP contribution is -2.48. The van der Waals surface area contributed by atoms with Crippen molar-refractivity contribution < 1.29 is 37.1 Å². The van der Waals surface area contributed by atoms with Gasteiger partial charge < -0.3 is 9.64 Å². The quantitative estimate of drug-likeness (QED) is 0.197. The van der Waals surface area contributed by atoms with Crippen LogP contribution in [0.1, 0.15) is 49.1 Å². The second-order valence-electron chi connectivity index (χ2n) is 14.5. The van der Waals surface area contributed by atoms with Crippen molar-refractivity contribution in [2.24, 2.45) is 5.92 Å². The summed E-state index contributed by atoms with van der Waals surface area (Å²) in [4.78, 5) is 60.8. The van der Waals surface area contributed by atoms with Gasteiger partial charge in [-0.1, -0.05) is 17.7 Å². The number of ether oxygens (including phenoxy) is 1. The Morgan fingerprint density at radius 3 is 2.38 bits per heavy atom. The molecule has 6 rings (SSSR count). The van der Waals surface area contributed by atoms with Gasteiger partial charge in [0.05, 0.1) is 24.0 Å². The predicted octanol–water partition coefficient (Wildman–Crippen LogP) is 4.95. The number of nitrogens with one attached hydrogen (secondary N) is 1. The molecule has 1 N–H and O–H groups in total. The van der Waals surface area contributed by atoms with Gasteiger partial charge in [-0.3, -0.25) is 39.2 Å². The molecular weight excluding hydrogens is 771 g/mol. The van der Waals surface area contributed by atoms with Crippen LogP contribution in [0.4, 0.5) is 24.5 Å². The molecule has 4 heterocycles. The molecule has 294 valence electrons. The number of hydrogen-bond acceptors (Lipinski definition) is 10. The molecule has 3 amide bonds. The highest BCUT2D eigenvalue weighted by atomic mass is 35.5. The van der Waals surface area contributed by atoms with Crippen molar-refractivity contribution in [3.05, 3.63) is 82.1 Å². The van der Waals surface area contributed by atoms with Gasteiger partial charge in [0.25, 0.3) is 5.91 Å². The standard InChI is InChI=1S/C39H39ClF3N7O5S/c1-38(2)36(54)49(29-20-32(39(41,42)43)33(21-44)45-22-29)37(56)50(38)28-4-6-31(7-5-28)55-14-13-47-9-11-48(12-10-47)23-30(51)19-25-15-24(17-27(40)18-25)16-26-3-8-34(52)46-35(26)53/h4-7,15,17-18,20,22,26H,3,8-14,16,19,23H2,1-2H3,(H,46,52,53). The van der Waals surface area contributed by atoms with Gasteiger partial charge in [0.15, 0.2) is 16.6 Å². The van der Waals surface area contributed by atoms with E-state index in [1.807, 2.05) is 6.07 Å². The summed E-state index contributed by atoms with van der Waals surface area (Å²) in [5, 5.41) is 12.0. The molecule has 0 saturated carbocycles. The van der Waals surface area contributed by atoms with Gasteiger partial charge in [-0.05, 0) is 92.5 Å². The number of hydrogen-bond donors (Lipinski definition) is 1. The Morgan fingerprint density at radius 2 is 1.71 bits per heavy atom. The molecule has 0 radical (unpaired) electrons. The molecule has 3 fully saturated rings. The van der Waals surface area contributed by atoms with E-state index in [1.165, 1.54) is 6.07 Å². The van der Waals surface area contributed by atoms with E-state index in [0.29, 0.717) is 74.6 Å². The largest absolute Gasteiger partial charge is 0.492 e. The number of anilines is 2. The highest BCUT2D eigenvalue weighted by Gasteiger charge is 2.51. The van der Waals surface area contributed by atoms with Crippen LogP contribution >= 0.6 is 23.8 Å². The predicted molar refractivity (Wildman–Crippen MR) is 205 cm³/mol. The lowest BCUT2D eigenvalue weighted by molar-refractivity contribution is -0.138.